The van der Waals surface area contributed by atoms with Gasteiger partial charge in [0.2, 0.25) is 5.91 Å². The number of rotatable bonds is 12. The first-order valence-electron chi connectivity index (χ1n) is 7.81. The molecule has 0 bridgehead atoms. The first kappa shape index (κ1) is 24.5. The number of aliphatic hydroxyl groups excluding tert-OH is 3. The molecular formula is C13H26N6O8. The van der Waals surface area contributed by atoms with Gasteiger partial charge in [-0.25, -0.2) is 15.0 Å². The number of hydrogen-bond acceptors (Lipinski definition) is 9. The van der Waals surface area contributed by atoms with E-state index in [1.165, 1.54) is 7.05 Å². The number of carbonyl (C=O) groups excluding carboxylic acids is 3. The quantitative estimate of drug-likeness (QED) is 0.112. The van der Waals surface area contributed by atoms with Crippen molar-refractivity contribution >= 4 is 23.8 Å². The van der Waals surface area contributed by atoms with Gasteiger partial charge in [-0.1, -0.05) is 0 Å². The van der Waals surface area contributed by atoms with Crippen molar-refractivity contribution in [2.75, 3.05) is 13.7 Å². The van der Waals surface area contributed by atoms with Crippen LogP contribution < -0.4 is 32.5 Å². The maximum Gasteiger partial charge on any atom is 0.328 e. The average Bonchev–Trinajstić information content (AvgIpc) is 2.57. The molecule has 0 aliphatic carbocycles. The van der Waals surface area contributed by atoms with E-state index in [0.29, 0.717) is 0 Å². The Morgan fingerprint density at radius 1 is 1.11 bits per heavy atom. The van der Waals surface area contributed by atoms with Gasteiger partial charge >= 0.3 is 12.0 Å². The smallest absolute Gasteiger partial charge is 0.328 e. The van der Waals surface area contributed by atoms with Crippen LogP contribution in [-0.2, 0) is 14.4 Å². The van der Waals surface area contributed by atoms with E-state index < -0.39 is 67.3 Å². The maximum absolute atomic E-state index is 12.1. The van der Waals surface area contributed by atoms with Gasteiger partial charge in [0.05, 0.1) is 25.2 Å². The molecule has 0 aliphatic heterocycles. The molecule has 0 radical (unpaired) electrons. The van der Waals surface area contributed by atoms with Gasteiger partial charge in [-0.15, -0.1) is 0 Å². The number of aliphatic carboxylic acids is 1. The lowest BCUT2D eigenvalue weighted by atomic mass is 10.1. The van der Waals surface area contributed by atoms with Gasteiger partial charge < -0.3 is 42.1 Å². The number of carboxylic acids is 1. The van der Waals surface area contributed by atoms with Gasteiger partial charge in [-0.05, 0) is 14.0 Å². The number of aliphatic hydroxyl groups is 3. The molecule has 156 valence electrons. The molecule has 11 N–H and O–H groups in total. The van der Waals surface area contributed by atoms with Gasteiger partial charge in [-0.2, -0.15) is 0 Å². The Morgan fingerprint density at radius 3 is 2.11 bits per heavy atom. The van der Waals surface area contributed by atoms with E-state index in [4.69, 9.17) is 15.9 Å². The van der Waals surface area contributed by atoms with Crippen molar-refractivity contribution < 1.29 is 39.6 Å². The number of carbonyl (C=O) groups is 4. The summed E-state index contributed by atoms with van der Waals surface area (Å²) in [5, 5.41) is 43.5. The molecule has 0 spiro atoms. The number of nitrogens with one attached hydrogen (secondary N) is 5. The Bertz CT molecular complexity index is 527. The summed E-state index contributed by atoms with van der Waals surface area (Å²) in [6, 6.07) is -5.12. The van der Waals surface area contributed by atoms with Crippen molar-refractivity contribution in [3.63, 3.8) is 0 Å². The molecule has 0 saturated carbocycles. The second kappa shape index (κ2) is 12.0. The molecule has 0 aromatic carbocycles. The first-order valence-corrected chi connectivity index (χ1v) is 7.81. The molecule has 27 heavy (non-hydrogen) atoms. The van der Waals surface area contributed by atoms with E-state index in [2.05, 4.69) is 10.7 Å². The van der Waals surface area contributed by atoms with Crippen LogP contribution in [0, 0.1) is 0 Å². The van der Waals surface area contributed by atoms with Crippen molar-refractivity contribution in [2.24, 2.45) is 5.73 Å². The number of urea groups is 1. The van der Waals surface area contributed by atoms with Crippen molar-refractivity contribution in [3.8, 4) is 0 Å². The Morgan fingerprint density at radius 2 is 1.70 bits per heavy atom. The third-order valence-corrected chi connectivity index (χ3v) is 3.35. The maximum atomic E-state index is 12.1. The standard InChI is InChI=1S/C13H26N6O8/c1-5(21)9(12(25)26)17-13(27)16-6(3-8(14)22)10(23)18-19-11(24)7(4-20)15-2/h5-7,9,11,15,19-21,24H,3-4H2,1-2H3,(H2,14,22)(H,18,23)(H,25,26)(H2,16,17,27)/t5?,6-,7-,9-,11?/m0/s1. The fourth-order valence-electron chi connectivity index (χ4n) is 1.82. The molecule has 0 saturated heterocycles. The molecule has 0 aromatic heterocycles. The third-order valence-electron chi connectivity index (χ3n) is 3.35. The van der Waals surface area contributed by atoms with Crippen molar-refractivity contribution in [2.45, 2.75) is 43.8 Å². The minimum absolute atomic E-state index is 0.457. The molecule has 4 amide bonds. The zero-order valence-electron chi connectivity index (χ0n) is 14.8. The minimum atomic E-state index is -1.65. The van der Waals surface area contributed by atoms with Crippen LogP contribution in [0.4, 0.5) is 4.79 Å². The lowest BCUT2D eigenvalue weighted by Gasteiger charge is -2.24. The number of hydrazine groups is 1. The van der Waals surface area contributed by atoms with Crippen LogP contribution in [-0.4, -0.2) is 88.4 Å². The van der Waals surface area contributed by atoms with Crippen LogP contribution >= 0.6 is 0 Å². The summed E-state index contributed by atoms with van der Waals surface area (Å²) in [7, 11) is 1.45. The van der Waals surface area contributed by atoms with E-state index in [1.54, 1.807) is 0 Å². The predicted octanol–water partition coefficient (Wildman–Crippen LogP) is -5.12. The van der Waals surface area contributed by atoms with Crippen LogP contribution in [0.5, 0.6) is 0 Å². The normalized spacial score (nSPS) is 16.3. The van der Waals surface area contributed by atoms with Crippen LogP contribution in [0.2, 0.25) is 0 Å². The highest BCUT2D eigenvalue weighted by Gasteiger charge is 2.29. The summed E-state index contributed by atoms with van der Waals surface area (Å²) in [5.41, 5.74) is 9.21. The molecule has 0 aliphatic rings. The van der Waals surface area contributed by atoms with Gasteiger partial charge in [0.25, 0.3) is 5.91 Å². The monoisotopic (exact) mass is 394 g/mol. The molecule has 14 heteroatoms. The molecule has 2 unspecified atom stereocenters. The van der Waals surface area contributed by atoms with Crippen molar-refractivity contribution in [3.05, 3.63) is 0 Å². The largest absolute Gasteiger partial charge is 0.480 e. The van der Waals surface area contributed by atoms with E-state index in [0.717, 1.165) is 6.92 Å². The number of likely N-dealkylation sites (N-methyl/N-ethyl adjacent to an activating group) is 1. The van der Waals surface area contributed by atoms with Gasteiger partial charge in [-0.3, -0.25) is 15.0 Å². The summed E-state index contributed by atoms with van der Waals surface area (Å²) in [6.45, 7) is 0.680. The third kappa shape index (κ3) is 9.11. The number of carboxylic acid groups (broad SMARTS) is 1. The predicted molar refractivity (Wildman–Crippen MR) is 89.6 cm³/mol. The molecule has 0 heterocycles. The van der Waals surface area contributed by atoms with Gasteiger partial charge in [0.15, 0.2) is 6.04 Å². The lowest BCUT2D eigenvalue weighted by Crippen LogP contribution is -2.60. The van der Waals surface area contributed by atoms with E-state index in [1.807, 2.05) is 16.1 Å². The van der Waals surface area contributed by atoms with Crippen molar-refractivity contribution in [1.82, 2.24) is 26.8 Å². The fraction of sp³-hybridized carbons (Fsp3) is 0.692. The van der Waals surface area contributed by atoms with Crippen LogP contribution in [0.3, 0.4) is 0 Å². The average molecular weight is 394 g/mol. The number of hydrogen-bond donors (Lipinski definition) is 10. The highest BCUT2D eigenvalue weighted by Crippen LogP contribution is 1.96. The number of nitrogens with two attached hydrogens (primary N) is 1. The zero-order valence-corrected chi connectivity index (χ0v) is 14.8. The van der Waals surface area contributed by atoms with Gasteiger partial charge in [0.1, 0.15) is 12.3 Å². The molecule has 0 rings (SSSR count). The van der Waals surface area contributed by atoms with Crippen LogP contribution in [0.15, 0.2) is 0 Å². The highest BCUT2D eigenvalue weighted by molar-refractivity contribution is 5.92. The fourth-order valence-corrected chi connectivity index (χ4v) is 1.82. The van der Waals surface area contributed by atoms with Crippen LogP contribution in [0.25, 0.3) is 0 Å². The summed E-state index contributed by atoms with van der Waals surface area (Å²) in [5.74, 6) is -3.42. The topological polar surface area (TPSA) is 235 Å². The molecule has 0 aromatic rings. The van der Waals surface area contributed by atoms with E-state index in [-0.39, 0.29) is 0 Å². The van der Waals surface area contributed by atoms with Crippen molar-refractivity contribution in [1.29, 1.82) is 0 Å². The molecule has 14 nitrogen and oxygen atoms in total. The SMILES string of the molecule is CN[C@@H](CO)C(O)NNC(=O)[C@H](CC(N)=O)NC(=O)N[C@H](C(=O)O)C(C)O. The first-order chi connectivity index (χ1) is 12.5. The Labute approximate surface area is 154 Å². The van der Waals surface area contributed by atoms with E-state index >= 15 is 0 Å². The molecular weight excluding hydrogens is 368 g/mol. The second-order valence-corrected chi connectivity index (χ2v) is 5.55. The highest BCUT2D eigenvalue weighted by atomic mass is 16.4. The number of primary amides is 1. The zero-order chi connectivity index (χ0) is 21.1. The van der Waals surface area contributed by atoms with Crippen LogP contribution in [0.1, 0.15) is 13.3 Å². The summed E-state index contributed by atoms with van der Waals surface area (Å²) in [4.78, 5) is 46.0. The minimum Gasteiger partial charge on any atom is -0.480 e. The Kier molecular flexibility index (Phi) is 10.9. The Hall–Kier alpha value is -2.52. The van der Waals surface area contributed by atoms with Gasteiger partial charge in [0, 0.05) is 0 Å². The Balaban J connectivity index is 4.91. The molecule has 5 atom stereocenters. The lowest BCUT2D eigenvalue weighted by molar-refractivity contribution is -0.141. The number of amides is 4. The summed E-state index contributed by atoms with van der Waals surface area (Å²) in [6.07, 6.45) is -3.46. The molecule has 0 fully saturated rings. The summed E-state index contributed by atoms with van der Waals surface area (Å²) >= 11 is 0. The second-order valence-electron chi connectivity index (χ2n) is 5.55. The summed E-state index contributed by atoms with van der Waals surface area (Å²) < 4.78 is 0. The van der Waals surface area contributed by atoms with E-state index in [9.17, 15) is 29.4 Å².